The lowest BCUT2D eigenvalue weighted by Crippen LogP contribution is -2.58. The number of likely N-dealkylation sites (tertiary alicyclic amines) is 1. The first-order valence-corrected chi connectivity index (χ1v) is 10.8. The van der Waals surface area contributed by atoms with Gasteiger partial charge in [0.25, 0.3) is 0 Å². The average Bonchev–Trinajstić information content (AvgIpc) is 2.70. The van der Waals surface area contributed by atoms with Crippen LogP contribution in [-0.4, -0.2) is 58.9 Å². The minimum Gasteiger partial charge on any atom is -0.348 e. The van der Waals surface area contributed by atoms with Crippen LogP contribution in [-0.2, 0) is 9.59 Å². The Balaban J connectivity index is 1.42. The Bertz CT molecular complexity index is 987. The summed E-state index contributed by atoms with van der Waals surface area (Å²) in [6.45, 7) is 9.11. The summed E-state index contributed by atoms with van der Waals surface area (Å²) >= 11 is 0. The Morgan fingerprint density at radius 2 is 1.84 bits per heavy atom. The number of benzene rings is 1. The predicted octanol–water partition coefficient (Wildman–Crippen LogP) is 2.62. The first kappa shape index (κ1) is 21.1. The third-order valence-electron chi connectivity index (χ3n) is 6.17. The normalized spacial score (nSPS) is 19.5. The van der Waals surface area contributed by atoms with Gasteiger partial charge >= 0.3 is 0 Å². The minimum atomic E-state index is -0.272. The van der Waals surface area contributed by atoms with E-state index in [0.717, 1.165) is 17.1 Å². The van der Waals surface area contributed by atoms with E-state index in [1.807, 2.05) is 74.9 Å². The van der Waals surface area contributed by atoms with Crippen LogP contribution in [0.2, 0.25) is 0 Å². The van der Waals surface area contributed by atoms with Gasteiger partial charge in [-0.2, -0.15) is 4.98 Å². The maximum Gasteiger partial charge on any atom is 0.247 e. The second-order valence-electron chi connectivity index (χ2n) is 8.84. The van der Waals surface area contributed by atoms with Gasteiger partial charge in [-0.25, -0.2) is 4.98 Å². The van der Waals surface area contributed by atoms with Crippen LogP contribution in [0.25, 0.3) is 0 Å². The number of fused-ring (bicyclic) bond motifs is 1. The SMILES string of the molecule is Cc1nc(NC2CN(C(=O)[C@@H](C)c3ccccc3)C2)nc2c1NC(=O)C(C(C)C)N2C. The molecule has 3 heterocycles. The quantitative estimate of drug-likeness (QED) is 0.770. The summed E-state index contributed by atoms with van der Waals surface area (Å²) < 4.78 is 0. The van der Waals surface area contributed by atoms with E-state index >= 15 is 0 Å². The van der Waals surface area contributed by atoms with Crippen molar-refractivity contribution in [1.82, 2.24) is 14.9 Å². The summed E-state index contributed by atoms with van der Waals surface area (Å²) in [5.41, 5.74) is 2.42. The molecule has 164 valence electrons. The summed E-state index contributed by atoms with van der Waals surface area (Å²) in [6.07, 6.45) is 0. The van der Waals surface area contributed by atoms with Gasteiger partial charge < -0.3 is 20.4 Å². The third-order valence-corrected chi connectivity index (χ3v) is 6.17. The van der Waals surface area contributed by atoms with Crippen molar-refractivity contribution >= 4 is 29.3 Å². The maximum absolute atomic E-state index is 12.8. The molecule has 2 amide bonds. The smallest absolute Gasteiger partial charge is 0.247 e. The first-order chi connectivity index (χ1) is 14.8. The minimum absolute atomic E-state index is 0.0295. The fraction of sp³-hybridized carbons (Fsp3) is 0.478. The summed E-state index contributed by atoms with van der Waals surface area (Å²) in [5, 5.41) is 6.32. The van der Waals surface area contributed by atoms with Crippen LogP contribution in [0.4, 0.5) is 17.5 Å². The number of aryl methyl sites for hydroxylation is 1. The molecule has 2 atom stereocenters. The summed E-state index contributed by atoms with van der Waals surface area (Å²) in [7, 11) is 1.90. The van der Waals surface area contributed by atoms with Gasteiger partial charge in [0.2, 0.25) is 17.8 Å². The van der Waals surface area contributed by atoms with Crippen molar-refractivity contribution in [3.05, 3.63) is 41.6 Å². The fourth-order valence-corrected chi connectivity index (χ4v) is 4.37. The molecule has 8 nitrogen and oxygen atoms in total. The second-order valence-corrected chi connectivity index (χ2v) is 8.84. The molecule has 1 aromatic heterocycles. The van der Waals surface area contributed by atoms with E-state index in [9.17, 15) is 9.59 Å². The summed E-state index contributed by atoms with van der Waals surface area (Å²) in [4.78, 5) is 38.2. The number of nitrogens with zero attached hydrogens (tertiary/aromatic N) is 4. The molecular weight excluding hydrogens is 392 g/mol. The molecule has 8 heteroatoms. The molecule has 0 saturated carbocycles. The van der Waals surface area contributed by atoms with Gasteiger partial charge in [-0.1, -0.05) is 44.2 Å². The Hall–Kier alpha value is -3.16. The monoisotopic (exact) mass is 422 g/mol. The molecule has 0 aliphatic carbocycles. The lowest BCUT2D eigenvalue weighted by molar-refractivity contribution is -0.136. The molecule has 1 saturated heterocycles. The molecule has 2 aliphatic heterocycles. The molecule has 2 N–H and O–H groups in total. The summed E-state index contributed by atoms with van der Waals surface area (Å²) in [5.74, 6) is 1.34. The highest BCUT2D eigenvalue weighted by molar-refractivity contribution is 6.03. The molecule has 2 aromatic rings. The highest BCUT2D eigenvalue weighted by atomic mass is 16.2. The molecule has 0 bridgehead atoms. The second kappa shape index (κ2) is 8.17. The van der Waals surface area contributed by atoms with Crippen LogP contribution in [0, 0.1) is 12.8 Å². The molecule has 31 heavy (non-hydrogen) atoms. The number of hydrogen-bond donors (Lipinski definition) is 2. The van der Waals surface area contributed by atoms with Crippen molar-refractivity contribution in [3.8, 4) is 0 Å². The molecule has 0 spiro atoms. The number of aromatic nitrogens is 2. The predicted molar refractivity (Wildman–Crippen MR) is 121 cm³/mol. The van der Waals surface area contributed by atoms with Gasteiger partial charge in [0.1, 0.15) is 11.7 Å². The standard InChI is InChI=1S/C23H30N6O2/c1-13(2)19-21(30)26-18-15(4)24-23(27-20(18)28(19)5)25-17-11-29(12-17)22(31)14(3)16-9-7-6-8-10-16/h6-10,13-14,17,19H,11-12H2,1-5H3,(H,26,30)(H,24,25,27)/t14-,19?/m0/s1. The van der Waals surface area contributed by atoms with Gasteiger partial charge in [-0.3, -0.25) is 9.59 Å². The van der Waals surface area contributed by atoms with Crippen LogP contribution in [0.15, 0.2) is 30.3 Å². The maximum atomic E-state index is 12.8. The van der Waals surface area contributed by atoms with Crippen molar-refractivity contribution in [3.63, 3.8) is 0 Å². The van der Waals surface area contributed by atoms with Crippen molar-refractivity contribution < 1.29 is 9.59 Å². The molecule has 1 unspecified atom stereocenters. The molecular formula is C23H30N6O2. The lowest BCUT2D eigenvalue weighted by Gasteiger charge is -2.41. The zero-order chi connectivity index (χ0) is 22.3. The van der Waals surface area contributed by atoms with Gasteiger partial charge in [0, 0.05) is 20.1 Å². The van der Waals surface area contributed by atoms with Crippen molar-refractivity contribution in [2.75, 3.05) is 35.7 Å². The van der Waals surface area contributed by atoms with E-state index in [0.29, 0.717) is 24.7 Å². The van der Waals surface area contributed by atoms with Crippen molar-refractivity contribution in [2.24, 2.45) is 5.92 Å². The Kier molecular flexibility index (Phi) is 5.56. The zero-order valence-electron chi connectivity index (χ0n) is 18.7. The third kappa shape index (κ3) is 3.94. The fourth-order valence-electron chi connectivity index (χ4n) is 4.37. The lowest BCUT2D eigenvalue weighted by atomic mass is 9.97. The van der Waals surface area contributed by atoms with Crippen molar-refractivity contribution in [1.29, 1.82) is 0 Å². The average molecular weight is 423 g/mol. The number of rotatable bonds is 5. The van der Waals surface area contributed by atoms with Crippen LogP contribution in [0.1, 0.15) is 37.9 Å². The van der Waals surface area contributed by atoms with E-state index in [1.165, 1.54) is 0 Å². The zero-order valence-corrected chi connectivity index (χ0v) is 18.7. The van der Waals surface area contributed by atoms with E-state index in [4.69, 9.17) is 0 Å². The van der Waals surface area contributed by atoms with E-state index in [1.54, 1.807) is 0 Å². The molecule has 4 rings (SSSR count). The van der Waals surface area contributed by atoms with E-state index in [2.05, 4.69) is 20.6 Å². The largest absolute Gasteiger partial charge is 0.348 e. The van der Waals surface area contributed by atoms with Gasteiger partial charge in [-0.15, -0.1) is 0 Å². The number of likely N-dealkylation sites (N-methyl/N-ethyl adjacent to an activating group) is 1. The number of nitrogens with one attached hydrogen (secondary N) is 2. The number of amides is 2. The number of carbonyl (C=O) groups is 2. The molecule has 2 aliphatic rings. The van der Waals surface area contributed by atoms with Gasteiger partial charge in [0.05, 0.1) is 17.7 Å². The van der Waals surface area contributed by atoms with Crippen LogP contribution >= 0.6 is 0 Å². The number of anilines is 3. The highest BCUT2D eigenvalue weighted by Gasteiger charge is 2.37. The Labute approximate surface area is 183 Å². The summed E-state index contributed by atoms with van der Waals surface area (Å²) in [6, 6.07) is 9.68. The van der Waals surface area contributed by atoms with Crippen LogP contribution in [0.3, 0.4) is 0 Å². The van der Waals surface area contributed by atoms with Crippen LogP contribution < -0.4 is 15.5 Å². The van der Waals surface area contributed by atoms with Crippen molar-refractivity contribution in [2.45, 2.75) is 45.7 Å². The molecule has 1 fully saturated rings. The van der Waals surface area contributed by atoms with Crippen LogP contribution in [0.5, 0.6) is 0 Å². The first-order valence-electron chi connectivity index (χ1n) is 10.8. The number of hydrogen-bond acceptors (Lipinski definition) is 6. The van der Waals surface area contributed by atoms with Gasteiger partial charge in [0.15, 0.2) is 5.82 Å². The van der Waals surface area contributed by atoms with E-state index in [-0.39, 0.29) is 35.7 Å². The topological polar surface area (TPSA) is 90.5 Å². The Morgan fingerprint density at radius 3 is 2.48 bits per heavy atom. The Morgan fingerprint density at radius 1 is 1.16 bits per heavy atom. The van der Waals surface area contributed by atoms with E-state index < -0.39 is 0 Å². The number of carbonyl (C=O) groups excluding carboxylic acids is 2. The van der Waals surface area contributed by atoms with Gasteiger partial charge in [-0.05, 0) is 25.3 Å². The molecule has 1 aromatic carbocycles. The molecule has 0 radical (unpaired) electrons. The highest BCUT2D eigenvalue weighted by Crippen LogP contribution is 2.34.